The third kappa shape index (κ3) is 2.99. The van der Waals surface area contributed by atoms with Gasteiger partial charge in [-0.05, 0) is 12.1 Å². The molecule has 8 heteroatoms. The van der Waals surface area contributed by atoms with E-state index in [1.54, 1.807) is 0 Å². The van der Waals surface area contributed by atoms with Crippen LogP contribution in [0, 0.1) is 0 Å². The van der Waals surface area contributed by atoms with Crippen LogP contribution in [-0.4, -0.2) is 6.29 Å². The van der Waals surface area contributed by atoms with E-state index in [9.17, 15) is 31.1 Å². The van der Waals surface area contributed by atoms with Crippen molar-refractivity contribution < 1.29 is 31.1 Å². The van der Waals surface area contributed by atoms with Crippen LogP contribution in [0.1, 0.15) is 21.5 Å². The first kappa shape index (κ1) is 14.0. The lowest BCUT2D eigenvalue weighted by atomic mass is 10.0. The molecule has 0 atom stereocenters. The number of hydrogen-bond donors (Lipinski definition) is 0. The number of halogens is 7. The zero-order valence-electron chi connectivity index (χ0n) is 7.79. The van der Waals surface area contributed by atoms with Crippen molar-refractivity contribution in [1.82, 2.24) is 0 Å². The molecule has 0 fully saturated rings. The normalized spacial score (nSPS) is 12.6. The Kier molecular flexibility index (Phi) is 3.56. The summed E-state index contributed by atoms with van der Waals surface area (Å²) in [5, 5.41) is 0. The Hall–Kier alpha value is -1.05. The van der Waals surface area contributed by atoms with Gasteiger partial charge in [0.15, 0.2) is 6.29 Å². The van der Waals surface area contributed by atoms with E-state index >= 15 is 0 Å². The zero-order valence-corrected chi connectivity index (χ0v) is 9.37. The van der Waals surface area contributed by atoms with Gasteiger partial charge in [0.25, 0.3) is 0 Å². The Morgan fingerprint density at radius 1 is 1.00 bits per heavy atom. The standard InChI is InChI=1S/C9H3BrF6O/c10-6-2-5(8(11,12)13)1-4(3-17)7(6)9(14,15)16/h1-3H. The first-order valence-corrected chi connectivity index (χ1v) is 4.79. The fourth-order valence-corrected chi connectivity index (χ4v) is 1.88. The van der Waals surface area contributed by atoms with Gasteiger partial charge in [0.05, 0.1) is 11.1 Å². The second-order valence-corrected chi connectivity index (χ2v) is 3.89. The summed E-state index contributed by atoms with van der Waals surface area (Å²) in [4.78, 5) is 10.4. The van der Waals surface area contributed by atoms with E-state index in [0.717, 1.165) is 0 Å². The molecule has 0 amide bonds. The molecule has 0 aliphatic heterocycles. The minimum atomic E-state index is -4.90. The van der Waals surface area contributed by atoms with Crippen LogP contribution in [0.5, 0.6) is 0 Å². The number of hydrogen-bond acceptors (Lipinski definition) is 1. The molecule has 0 bridgehead atoms. The molecular formula is C9H3BrF6O. The van der Waals surface area contributed by atoms with Gasteiger partial charge >= 0.3 is 12.4 Å². The molecule has 0 heterocycles. The first-order chi connectivity index (χ1) is 7.57. The first-order valence-electron chi connectivity index (χ1n) is 4.00. The van der Waals surface area contributed by atoms with E-state index in [2.05, 4.69) is 15.9 Å². The second kappa shape index (κ2) is 4.32. The third-order valence-electron chi connectivity index (χ3n) is 1.86. The number of alkyl halides is 6. The molecule has 1 nitrogen and oxygen atoms in total. The molecule has 0 saturated carbocycles. The summed E-state index contributed by atoms with van der Waals surface area (Å²) in [6.45, 7) is 0. The van der Waals surface area contributed by atoms with Gasteiger partial charge in [0.1, 0.15) is 0 Å². The van der Waals surface area contributed by atoms with Crippen LogP contribution in [-0.2, 0) is 12.4 Å². The van der Waals surface area contributed by atoms with Crippen molar-refractivity contribution in [3.8, 4) is 0 Å². The highest BCUT2D eigenvalue weighted by molar-refractivity contribution is 9.10. The minimum absolute atomic E-state index is 0.167. The Morgan fingerprint density at radius 2 is 1.53 bits per heavy atom. The fourth-order valence-electron chi connectivity index (χ4n) is 1.18. The summed E-state index contributed by atoms with van der Waals surface area (Å²) in [5.74, 6) is 0. The smallest absolute Gasteiger partial charge is 0.298 e. The largest absolute Gasteiger partial charge is 0.418 e. The predicted octanol–water partition coefficient (Wildman–Crippen LogP) is 4.30. The van der Waals surface area contributed by atoms with Gasteiger partial charge in [-0.25, -0.2) is 0 Å². The van der Waals surface area contributed by atoms with Gasteiger partial charge in [0.2, 0.25) is 0 Å². The molecule has 94 valence electrons. The van der Waals surface area contributed by atoms with Gasteiger partial charge in [-0.15, -0.1) is 0 Å². The van der Waals surface area contributed by atoms with Crippen LogP contribution in [0.2, 0.25) is 0 Å². The fraction of sp³-hybridized carbons (Fsp3) is 0.222. The lowest BCUT2D eigenvalue weighted by Gasteiger charge is -2.14. The lowest BCUT2D eigenvalue weighted by molar-refractivity contribution is -0.142. The summed E-state index contributed by atoms with van der Waals surface area (Å²) < 4.78 is 73.4. The van der Waals surface area contributed by atoms with Crippen LogP contribution < -0.4 is 0 Å². The number of benzene rings is 1. The maximum absolute atomic E-state index is 12.5. The van der Waals surface area contributed by atoms with Crippen molar-refractivity contribution in [3.63, 3.8) is 0 Å². The molecular weight excluding hydrogens is 318 g/mol. The molecule has 0 aromatic heterocycles. The summed E-state index contributed by atoms with van der Waals surface area (Å²) >= 11 is 2.39. The van der Waals surface area contributed by atoms with Crippen molar-refractivity contribution in [2.45, 2.75) is 12.4 Å². The van der Waals surface area contributed by atoms with E-state index in [0.29, 0.717) is 0 Å². The van der Waals surface area contributed by atoms with E-state index < -0.39 is 33.5 Å². The summed E-state index contributed by atoms with van der Waals surface area (Å²) in [6, 6.07) is 0.455. The number of carbonyl (C=O) groups excluding carboxylic acids is 1. The van der Waals surface area contributed by atoms with Crippen molar-refractivity contribution in [3.05, 3.63) is 33.3 Å². The maximum Gasteiger partial charge on any atom is 0.418 e. The molecule has 0 unspecified atom stereocenters. The van der Waals surface area contributed by atoms with Crippen LogP contribution >= 0.6 is 15.9 Å². The van der Waals surface area contributed by atoms with E-state index in [1.165, 1.54) is 0 Å². The van der Waals surface area contributed by atoms with Crippen molar-refractivity contribution in [2.75, 3.05) is 0 Å². The molecule has 1 aromatic carbocycles. The van der Waals surface area contributed by atoms with E-state index in [1.807, 2.05) is 0 Å². The minimum Gasteiger partial charge on any atom is -0.298 e. The van der Waals surface area contributed by atoms with Gasteiger partial charge < -0.3 is 0 Å². The van der Waals surface area contributed by atoms with E-state index in [-0.39, 0.29) is 18.4 Å². The van der Waals surface area contributed by atoms with E-state index in [4.69, 9.17) is 0 Å². The molecule has 17 heavy (non-hydrogen) atoms. The molecule has 0 aliphatic carbocycles. The highest BCUT2D eigenvalue weighted by Gasteiger charge is 2.39. The molecule has 0 spiro atoms. The Morgan fingerprint density at radius 3 is 1.88 bits per heavy atom. The number of carbonyl (C=O) groups is 1. The number of aldehydes is 1. The third-order valence-corrected chi connectivity index (χ3v) is 2.48. The van der Waals surface area contributed by atoms with Gasteiger partial charge in [-0.2, -0.15) is 26.3 Å². The molecule has 0 saturated heterocycles. The van der Waals surface area contributed by atoms with Gasteiger partial charge in [-0.1, -0.05) is 15.9 Å². The van der Waals surface area contributed by atoms with Crippen molar-refractivity contribution in [1.29, 1.82) is 0 Å². The van der Waals surface area contributed by atoms with Crippen LogP contribution in [0.3, 0.4) is 0 Å². The Bertz CT molecular complexity index is 448. The topological polar surface area (TPSA) is 17.1 Å². The maximum atomic E-state index is 12.5. The quantitative estimate of drug-likeness (QED) is 0.557. The summed E-state index contributed by atoms with van der Waals surface area (Å²) in [7, 11) is 0. The summed E-state index contributed by atoms with van der Waals surface area (Å²) in [6.07, 6.45) is -9.98. The Balaban J connectivity index is 3.53. The lowest BCUT2D eigenvalue weighted by Crippen LogP contribution is -2.13. The molecule has 0 aliphatic rings. The highest BCUT2D eigenvalue weighted by Crippen LogP contribution is 2.40. The van der Waals surface area contributed by atoms with Crippen molar-refractivity contribution in [2.24, 2.45) is 0 Å². The molecule has 0 N–H and O–H groups in total. The average Bonchev–Trinajstić information content (AvgIpc) is 2.12. The van der Waals surface area contributed by atoms with Crippen LogP contribution in [0.25, 0.3) is 0 Å². The van der Waals surface area contributed by atoms with Crippen LogP contribution in [0.15, 0.2) is 16.6 Å². The SMILES string of the molecule is O=Cc1cc(C(F)(F)F)cc(Br)c1C(F)(F)F. The zero-order chi connectivity index (χ0) is 13.4. The molecule has 1 rings (SSSR count). The molecule has 1 aromatic rings. The van der Waals surface area contributed by atoms with Gasteiger partial charge in [0, 0.05) is 10.0 Å². The van der Waals surface area contributed by atoms with Crippen molar-refractivity contribution >= 4 is 22.2 Å². The monoisotopic (exact) mass is 320 g/mol. The average molecular weight is 321 g/mol. The predicted molar refractivity (Wildman–Crippen MR) is 49.5 cm³/mol. The second-order valence-electron chi connectivity index (χ2n) is 3.04. The highest BCUT2D eigenvalue weighted by atomic mass is 79.9. The van der Waals surface area contributed by atoms with Crippen LogP contribution in [0.4, 0.5) is 26.3 Å². The number of rotatable bonds is 1. The Labute approximate surface area is 99.5 Å². The summed E-state index contributed by atoms with van der Waals surface area (Å²) in [5.41, 5.74) is -3.79. The molecule has 0 radical (unpaired) electrons. The van der Waals surface area contributed by atoms with Gasteiger partial charge in [-0.3, -0.25) is 4.79 Å².